The van der Waals surface area contributed by atoms with Crippen molar-refractivity contribution < 1.29 is 4.74 Å². The SMILES string of the molecule is CC1/C=C/CC(C)[C@@]23CC(C)(CO2)[C@@H]3CC1. The third-order valence-corrected chi connectivity index (χ3v) is 5.48. The Labute approximate surface area is 99.3 Å². The summed E-state index contributed by atoms with van der Waals surface area (Å²) in [5.74, 6) is 2.29. The van der Waals surface area contributed by atoms with Crippen LogP contribution < -0.4 is 0 Å². The van der Waals surface area contributed by atoms with Crippen LogP contribution in [0.1, 0.15) is 46.5 Å². The highest BCUT2D eigenvalue weighted by Gasteiger charge is 2.68. The standard InChI is InChI=1S/C15H24O/c1-11-5-4-6-12(2)15-9-14(3,10-16-15)13(15)8-7-11/h4-5,11-13H,6-10H2,1-3H3/b5-4+/t11?,12?,13-,14?,15+/m0/s1. The first kappa shape index (κ1) is 10.8. The van der Waals surface area contributed by atoms with Crippen LogP contribution in [0.4, 0.5) is 0 Å². The van der Waals surface area contributed by atoms with Gasteiger partial charge in [0.1, 0.15) is 0 Å². The third-order valence-electron chi connectivity index (χ3n) is 5.48. The Morgan fingerprint density at radius 3 is 2.81 bits per heavy atom. The van der Waals surface area contributed by atoms with E-state index in [-0.39, 0.29) is 5.60 Å². The predicted octanol–water partition coefficient (Wildman–Crippen LogP) is 3.79. The van der Waals surface area contributed by atoms with Crippen LogP contribution in [0.2, 0.25) is 0 Å². The summed E-state index contributed by atoms with van der Waals surface area (Å²) in [6.07, 6.45) is 10.0. The van der Waals surface area contributed by atoms with Gasteiger partial charge in [0.2, 0.25) is 0 Å². The normalized spacial score (nSPS) is 57.8. The lowest BCUT2D eigenvalue weighted by atomic mass is 9.50. The highest BCUT2D eigenvalue weighted by atomic mass is 16.5. The Hall–Kier alpha value is -0.300. The van der Waals surface area contributed by atoms with Gasteiger partial charge in [0.15, 0.2) is 0 Å². The van der Waals surface area contributed by atoms with Gasteiger partial charge in [0.05, 0.1) is 12.2 Å². The number of allylic oxidation sites excluding steroid dienone is 2. The molecule has 0 aromatic rings. The molecule has 3 unspecified atom stereocenters. The highest BCUT2D eigenvalue weighted by molar-refractivity contribution is 5.18. The first-order valence-corrected chi connectivity index (χ1v) is 6.87. The molecule has 0 N–H and O–H groups in total. The van der Waals surface area contributed by atoms with E-state index in [0.29, 0.717) is 11.3 Å². The van der Waals surface area contributed by atoms with E-state index in [4.69, 9.17) is 4.74 Å². The molecule has 2 heterocycles. The van der Waals surface area contributed by atoms with Gasteiger partial charge in [-0.2, -0.15) is 0 Å². The van der Waals surface area contributed by atoms with Gasteiger partial charge in [-0.25, -0.2) is 0 Å². The zero-order chi connectivity index (χ0) is 11.4. The predicted molar refractivity (Wildman–Crippen MR) is 66.2 cm³/mol. The van der Waals surface area contributed by atoms with Crippen molar-refractivity contribution in [2.45, 2.75) is 52.1 Å². The van der Waals surface area contributed by atoms with Gasteiger partial charge < -0.3 is 4.74 Å². The molecule has 3 fully saturated rings. The highest BCUT2D eigenvalue weighted by Crippen LogP contribution is 2.67. The molecule has 0 amide bonds. The second-order valence-electron chi connectivity index (χ2n) is 6.75. The second-order valence-corrected chi connectivity index (χ2v) is 6.75. The molecule has 1 spiro atoms. The lowest BCUT2D eigenvalue weighted by Crippen LogP contribution is -2.57. The zero-order valence-corrected chi connectivity index (χ0v) is 10.8. The van der Waals surface area contributed by atoms with E-state index in [9.17, 15) is 0 Å². The smallest absolute Gasteiger partial charge is 0.0751 e. The molecule has 16 heavy (non-hydrogen) atoms. The molecule has 1 saturated carbocycles. The largest absolute Gasteiger partial charge is 0.374 e. The molecule has 1 nitrogen and oxygen atoms in total. The second kappa shape index (κ2) is 3.35. The summed E-state index contributed by atoms with van der Waals surface area (Å²) in [7, 11) is 0. The van der Waals surface area contributed by atoms with Crippen molar-refractivity contribution in [1.82, 2.24) is 0 Å². The Morgan fingerprint density at radius 1 is 1.25 bits per heavy atom. The average molecular weight is 220 g/mol. The van der Waals surface area contributed by atoms with E-state index >= 15 is 0 Å². The molecular weight excluding hydrogens is 196 g/mol. The minimum absolute atomic E-state index is 0.253. The van der Waals surface area contributed by atoms with Gasteiger partial charge in [0.25, 0.3) is 0 Å². The van der Waals surface area contributed by atoms with E-state index in [1.807, 2.05) is 0 Å². The van der Waals surface area contributed by atoms with Crippen LogP contribution in [0.5, 0.6) is 0 Å². The van der Waals surface area contributed by atoms with Crippen LogP contribution in [0.15, 0.2) is 12.2 Å². The molecule has 2 bridgehead atoms. The minimum atomic E-state index is 0.253. The molecule has 0 radical (unpaired) electrons. The first-order chi connectivity index (χ1) is 7.57. The van der Waals surface area contributed by atoms with Crippen LogP contribution in [0, 0.1) is 23.2 Å². The fraction of sp³-hybridized carbons (Fsp3) is 0.867. The summed E-state index contributed by atoms with van der Waals surface area (Å²) in [5, 5.41) is 0. The lowest BCUT2D eigenvalue weighted by Gasteiger charge is -2.54. The van der Waals surface area contributed by atoms with Crippen LogP contribution in [0.3, 0.4) is 0 Å². The van der Waals surface area contributed by atoms with E-state index in [1.54, 1.807) is 0 Å². The van der Waals surface area contributed by atoms with Crippen molar-refractivity contribution in [3.8, 4) is 0 Å². The maximum absolute atomic E-state index is 6.23. The van der Waals surface area contributed by atoms with Crippen molar-refractivity contribution in [3.05, 3.63) is 12.2 Å². The van der Waals surface area contributed by atoms with Gasteiger partial charge in [-0.15, -0.1) is 0 Å². The van der Waals surface area contributed by atoms with Gasteiger partial charge in [-0.05, 0) is 48.9 Å². The minimum Gasteiger partial charge on any atom is -0.374 e. The van der Waals surface area contributed by atoms with Crippen molar-refractivity contribution in [2.75, 3.05) is 6.61 Å². The van der Waals surface area contributed by atoms with Crippen LogP contribution in [-0.4, -0.2) is 12.2 Å². The topological polar surface area (TPSA) is 9.23 Å². The Balaban J connectivity index is 1.87. The first-order valence-electron chi connectivity index (χ1n) is 6.87. The van der Waals surface area contributed by atoms with Crippen LogP contribution in [0.25, 0.3) is 0 Å². The van der Waals surface area contributed by atoms with Crippen molar-refractivity contribution in [2.24, 2.45) is 23.2 Å². The maximum Gasteiger partial charge on any atom is 0.0751 e. The summed E-state index contributed by atoms with van der Waals surface area (Å²) in [6.45, 7) is 8.19. The van der Waals surface area contributed by atoms with Crippen molar-refractivity contribution in [1.29, 1.82) is 0 Å². The molecule has 90 valence electrons. The fourth-order valence-corrected chi connectivity index (χ4v) is 4.43. The molecule has 0 aromatic heterocycles. The number of hydrogen-bond acceptors (Lipinski definition) is 1. The van der Waals surface area contributed by atoms with Gasteiger partial charge in [-0.3, -0.25) is 0 Å². The maximum atomic E-state index is 6.23. The summed E-state index contributed by atoms with van der Waals surface area (Å²) < 4.78 is 6.23. The molecule has 4 aliphatic rings. The third kappa shape index (κ3) is 1.27. The molecule has 1 heteroatoms. The molecular formula is C15H24O. The van der Waals surface area contributed by atoms with Gasteiger partial charge >= 0.3 is 0 Å². The molecule has 2 aliphatic carbocycles. The Morgan fingerprint density at radius 2 is 2.06 bits per heavy atom. The summed E-state index contributed by atoms with van der Waals surface area (Å²) in [4.78, 5) is 0. The van der Waals surface area contributed by atoms with Crippen LogP contribution >= 0.6 is 0 Å². The number of hydrogen-bond donors (Lipinski definition) is 0. The average Bonchev–Trinajstić information content (AvgIpc) is 2.70. The van der Waals surface area contributed by atoms with E-state index < -0.39 is 0 Å². The van der Waals surface area contributed by atoms with Gasteiger partial charge in [-0.1, -0.05) is 32.9 Å². The van der Waals surface area contributed by atoms with Crippen molar-refractivity contribution in [3.63, 3.8) is 0 Å². The summed E-state index contributed by atoms with van der Waals surface area (Å²) in [6, 6.07) is 0. The molecule has 4 rings (SSSR count). The summed E-state index contributed by atoms with van der Waals surface area (Å²) >= 11 is 0. The lowest BCUT2D eigenvalue weighted by molar-refractivity contribution is -0.118. The Bertz CT molecular complexity index is 321. The Kier molecular flexibility index (Phi) is 2.27. The molecule has 2 saturated heterocycles. The van der Waals surface area contributed by atoms with Gasteiger partial charge in [0, 0.05) is 0 Å². The van der Waals surface area contributed by atoms with Crippen LogP contribution in [-0.2, 0) is 4.74 Å². The molecule has 2 aliphatic heterocycles. The van der Waals surface area contributed by atoms with E-state index in [2.05, 4.69) is 32.9 Å². The summed E-state index contributed by atoms with van der Waals surface area (Å²) in [5.41, 5.74) is 0.765. The van der Waals surface area contributed by atoms with Crippen molar-refractivity contribution >= 4 is 0 Å². The molecule has 0 aromatic carbocycles. The zero-order valence-electron chi connectivity index (χ0n) is 10.8. The quantitative estimate of drug-likeness (QED) is 0.564. The number of fused-ring (bicyclic) bond motifs is 1. The monoisotopic (exact) mass is 220 g/mol. The molecule has 5 atom stereocenters. The van der Waals surface area contributed by atoms with E-state index in [1.165, 1.54) is 25.7 Å². The number of rotatable bonds is 0. The van der Waals surface area contributed by atoms with E-state index in [0.717, 1.165) is 18.4 Å². The number of ether oxygens (including phenoxy) is 1. The fourth-order valence-electron chi connectivity index (χ4n) is 4.43.